The third-order valence-corrected chi connectivity index (χ3v) is 2.08. The van der Waals surface area contributed by atoms with Crippen LogP contribution in [0.3, 0.4) is 0 Å². The molecule has 0 aromatic rings. The Morgan fingerprint density at radius 1 is 1.64 bits per heavy atom. The van der Waals surface area contributed by atoms with Crippen LogP contribution in [0.4, 0.5) is 0 Å². The van der Waals surface area contributed by atoms with Crippen LogP contribution in [-0.2, 0) is 9.47 Å². The van der Waals surface area contributed by atoms with Crippen molar-refractivity contribution in [2.24, 2.45) is 5.73 Å². The SMILES string of the molecule is CO[C@@H]1C[C@H](O)O[C@@H](C)[C@@H]1N. The van der Waals surface area contributed by atoms with Crippen molar-refractivity contribution in [3.63, 3.8) is 0 Å². The smallest absolute Gasteiger partial charge is 0.157 e. The van der Waals surface area contributed by atoms with Crippen LogP contribution in [0, 0.1) is 0 Å². The van der Waals surface area contributed by atoms with Crippen molar-refractivity contribution in [2.75, 3.05) is 7.11 Å². The first-order valence-electron chi connectivity index (χ1n) is 3.77. The van der Waals surface area contributed by atoms with Crippen molar-refractivity contribution in [2.45, 2.75) is 37.9 Å². The molecule has 0 saturated carbocycles. The molecule has 1 rings (SSSR count). The lowest BCUT2D eigenvalue weighted by molar-refractivity contribution is -0.196. The molecule has 0 aromatic carbocycles. The molecule has 1 saturated heterocycles. The molecular formula is C7H15NO3. The minimum absolute atomic E-state index is 0.0891. The Morgan fingerprint density at radius 3 is 2.82 bits per heavy atom. The molecule has 0 unspecified atom stereocenters. The van der Waals surface area contributed by atoms with Gasteiger partial charge in [0, 0.05) is 13.5 Å². The maximum absolute atomic E-state index is 9.14. The predicted molar refractivity (Wildman–Crippen MR) is 39.9 cm³/mol. The van der Waals surface area contributed by atoms with E-state index in [0.29, 0.717) is 6.42 Å². The molecule has 1 aliphatic heterocycles. The Kier molecular flexibility index (Phi) is 2.84. The van der Waals surface area contributed by atoms with Crippen molar-refractivity contribution in [3.8, 4) is 0 Å². The first-order valence-corrected chi connectivity index (χ1v) is 3.77. The van der Waals surface area contributed by atoms with Crippen LogP contribution in [-0.4, -0.2) is 36.8 Å². The molecule has 0 amide bonds. The van der Waals surface area contributed by atoms with E-state index < -0.39 is 6.29 Å². The van der Waals surface area contributed by atoms with Crippen molar-refractivity contribution in [1.82, 2.24) is 0 Å². The fraction of sp³-hybridized carbons (Fsp3) is 1.00. The lowest BCUT2D eigenvalue weighted by Gasteiger charge is -2.35. The highest BCUT2D eigenvalue weighted by Gasteiger charge is 2.32. The molecule has 4 heteroatoms. The molecule has 0 spiro atoms. The van der Waals surface area contributed by atoms with Gasteiger partial charge in [-0.25, -0.2) is 0 Å². The third kappa shape index (κ3) is 1.90. The molecule has 0 aromatic heterocycles. The number of methoxy groups -OCH3 is 1. The van der Waals surface area contributed by atoms with E-state index in [1.165, 1.54) is 0 Å². The fourth-order valence-corrected chi connectivity index (χ4v) is 1.31. The van der Waals surface area contributed by atoms with Crippen molar-refractivity contribution in [1.29, 1.82) is 0 Å². The molecule has 0 bridgehead atoms. The molecule has 1 heterocycles. The van der Waals surface area contributed by atoms with Crippen LogP contribution in [0.15, 0.2) is 0 Å². The van der Waals surface area contributed by atoms with Gasteiger partial charge in [0.25, 0.3) is 0 Å². The highest BCUT2D eigenvalue weighted by atomic mass is 16.6. The van der Waals surface area contributed by atoms with Gasteiger partial charge in [0.15, 0.2) is 6.29 Å². The molecule has 1 aliphatic rings. The van der Waals surface area contributed by atoms with Gasteiger partial charge in [-0.1, -0.05) is 0 Å². The summed E-state index contributed by atoms with van der Waals surface area (Å²) in [4.78, 5) is 0. The Hall–Kier alpha value is -0.160. The average molecular weight is 161 g/mol. The lowest BCUT2D eigenvalue weighted by atomic mass is 10.0. The van der Waals surface area contributed by atoms with Gasteiger partial charge in [-0.05, 0) is 6.92 Å². The summed E-state index contributed by atoms with van der Waals surface area (Å²) in [6, 6.07) is -0.136. The molecule has 11 heavy (non-hydrogen) atoms. The van der Waals surface area contributed by atoms with Crippen LogP contribution in [0.1, 0.15) is 13.3 Å². The number of aliphatic hydroxyl groups excluding tert-OH is 1. The van der Waals surface area contributed by atoms with Gasteiger partial charge in [0.1, 0.15) is 0 Å². The molecule has 0 aliphatic carbocycles. The van der Waals surface area contributed by atoms with Gasteiger partial charge in [-0.15, -0.1) is 0 Å². The van der Waals surface area contributed by atoms with Crippen molar-refractivity contribution >= 4 is 0 Å². The van der Waals surface area contributed by atoms with E-state index in [1.54, 1.807) is 7.11 Å². The van der Waals surface area contributed by atoms with Crippen LogP contribution >= 0.6 is 0 Å². The minimum atomic E-state index is -0.727. The zero-order valence-corrected chi connectivity index (χ0v) is 6.86. The van der Waals surface area contributed by atoms with Gasteiger partial charge in [-0.2, -0.15) is 0 Å². The van der Waals surface area contributed by atoms with Crippen LogP contribution in [0.5, 0.6) is 0 Å². The van der Waals surface area contributed by atoms with E-state index in [4.69, 9.17) is 20.3 Å². The van der Waals surface area contributed by atoms with E-state index in [-0.39, 0.29) is 18.2 Å². The van der Waals surface area contributed by atoms with Gasteiger partial charge in [0.2, 0.25) is 0 Å². The van der Waals surface area contributed by atoms with E-state index in [9.17, 15) is 0 Å². The predicted octanol–water partition coefficient (Wildman–Crippen LogP) is -0.544. The topological polar surface area (TPSA) is 64.7 Å². The second kappa shape index (κ2) is 3.49. The molecule has 1 fully saturated rings. The second-order valence-electron chi connectivity index (χ2n) is 2.88. The Balaban J connectivity index is 2.51. The van der Waals surface area contributed by atoms with Gasteiger partial charge in [0.05, 0.1) is 18.2 Å². The molecule has 4 nitrogen and oxygen atoms in total. The number of aliphatic hydroxyl groups is 1. The van der Waals surface area contributed by atoms with E-state index in [1.807, 2.05) is 6.92 Å². The molecule has 0 radical (unpaired) electrons. The largest absolute Gasteiger partial charge is 0.380 e. The number of ether oxygens (including phenoxy) is 2. The third-order valence-electron chi connectivity index (χ3n) is 2.08. The number of hydrogen-bond donors (Lipinski definition) is 2. The quantitative estimate of drug-likeness (QED) is 0.542. The highest BCUT2D eigenvalue weighted by Crippen LogP contribution is 2.18. The number of nitrogens with two attached hydrogens (primary N) is 1. The summed E-state index contributed by atoms with van der Waals surface area (Å²) >= 11 is 0. The normalized spacial score (nSPS) is 45.8. The summed E-state index contributed by atoms with van der Waals surface area (Å²) in [7, 11) is 1.59. The zero-order chi connectivity index (χ0) is 8.43. The van der Waals surface area contributed by atoms with Crippen LogP contribution < -0.4 is 5.73 Å². The van der Waals surface area contributed by atoms with Crippen LogP contribution in [0.2, 0.25) is 0 Å². The molecule has 4 atom stereocenters. The summed E-state index contributed by atoms with van der Waals surface area (Å²) in [5.74, 6) is 0. The highest BCUT2D eigenvalue weighted by molar-refractivity contribution is 4.84. The summed E-state index contributed by atoms with van der Waals surface area (Å²) < 4.78 is 10.2. The standard InChI is InChI=1S/C7H15NO3/c1-4-7(8)5(10-2)3-6(9)11-4/h4-7,9H,3,8H2,1-2H3/t4-,5+,6+,7-/m0/s1. The molecule has 3 N–H and O–H groups in total. The number of rotatable bonds is 1. The summed E-state index contributed by atoms with van der Waals surface area (Å²) in [5, 5.41) is 9.14. The maximum atomic E-state index is 9.14. The zero-order valence-electron chi connectivity index (χ0n) is 6.86. The Bertz CT molecular complexity index is 131. The van der Waals surface area contributed by atoms with Gasteiger partial charge in [-0.3, -0.25) is 0 Å². The van der Waals surface area contributed by atoms with E-state index in [2.05, 4.69) is 0 Å². The molecular weight excluding hydrogens is 146 g/mol. The monoisotopic (exact) mass is 161 g/mol. The van der Waals surface area contributed by atoms with Crippen molar-refractivity contribution < 1.29 is 14.6 Å². The van der Waals surface area contributed by atoms with Crippen molar-refractivity contribution in [3.05, 3.63) is 0 Å². The van der Waals surface area contributed by atoms with Gasteiger partial charge >= 0.3 is 0 Å². The Morgan fingerprint density at radius 2 is 2.27 bits per heavy atom. The molecule has 66 valence electrons. The fourth-order valence-electron chi connectivity index (χ4n) is 1.31. The Labute approximate surface area is 66.3 Å². The average Bonchev–Trinajstić information content (AvgIpc) is 1.96. The summed E-state index contributed by atoms with van der Waals surface area (Å²) in [6.07, 6.45) is -0.491. The van der Waals surface area contributed by atoms with E-state index >= 15 is 0 Å². The second-order valence-corrected chi connectivity index (χ2v) is 2.88. The van der Waals surface area contributed by atoms with Gasteiger partial charge < -0.3 is 20.3 Å². The summed E-state index contributed by atoms with van der Waals surface area (Å²) in [5.41, 5.74) is 5.73. The summed E-state index contributed by atoms with van der Waals surface area (Å²) in [6.45, 7) is 1.83. The van der Waals surface area contributed by atoms with Crippen LogP contribution in [0.25, 0.3) is 0 Å². The van der Waals surface area contributed by atoms with E-state index in [0.717, 1.165) is 0 Å². The lowest BCUT2D eigenvalue weighted by Crippen LogP contribution is -2.52. The first-order chi connectivity index (χ1) is 5.15. The minimum Gasteiger partial charge on any atom is -0.380 e. The maximum Gasteiger partial charge on any atom is 0.157 e. The first kappa shape index (κ1) is 8.93. The number of hydrogen-bond acceptors (Lipinski definition) is 4.